The number of amidine groups is 1. The van der Waals surface area contributed by atoms with E-state index < -0.39 is 15.3 Å². The number of sulfonamides is 1. The molecule has 120 valence electrons. The number of ether oxygens (including phenoxy) is 1. The van der Waals surface area contributed by atoms with Crippen molar-refractivity contribution in [2.45, 2.75) is 68.8 Å². The van der Waals surface area contributed by atoms with Gasteiger partial charge in [0.25, 0.3) is 10.0 Å². The highest BCUT2D eigenvalue weighted by molar-refractivity contribution is 7.91. The second-order valence-corrected chi connectivity index (χ2v) is 8.52. The van der Waals surface area contributed by atoms with E-state index in [1.54, 1.807) is 0 Å². The quantitative estimate of drug-likeness (QED) is 0.798. The van der Waals surface area contributed by atoms with Crippen molar-refractivity contribution in [2.75, 3.05) is 6.61 Å². The fraction of sp³-hybridized carbons (Fsp3) is 0.929. The SMILES string of the molecule is CC1(NC2=NS(=O)(=O)C3CCCCC3O2)CCCC1CO. The largest absolute Gasteiger partial charge is 0.460 e. The first kappa shape index (κ1) is 15.1. The van der Waals surface area contributed by atoms with Crippen molar-refractivity contribution in [3.8, 4) is 0 Å². The van der Waals surface area contributed by atoms with Crippen LogP contribution in [0.5, 0.6) is 0 Å². The molecule has 0 bridgehead atoms. The molecule has 2 fully saturated rings. The number of nitrogens with one attached hydrogen (secondary N) is 1. The van der Waals surface area contributed by atoms with Gasteiger partial charge in [-0.15, -0.1) is 4.40 Å². The Morgan fingerprint density at radius 1 is 1.33 bits per heavy atom. The molecule has 0 amide bonds. The minimum atomic E-state index is -3.49. The van der Waals surface area contributed by atoms with Crippen LogP contribution in [0.3, 0.4) is 0 Å². The normalized spacial score (nSPS) is 41.8. The van der Waals surface area contributed by atoms with Gasteiger partial charge in [-0.1, -0.05) is 12.8 Å². The molecule has 0 radical (unpaired) electrons. The minimum Gasteiger partial charge on any atom is -0.460 e. The van der Waals surface area contributed by atoms with E-state index >= 15 is 0 Å². The maximum atomic E-state index is 12.3. The third-order valence-corrected chi connectivity index (χ3v) is 6.99. The topological polar surface area (TPSA) is 88.0 Å². The Kier molecular flexibility index (Phi) is 3.90. The third kappa shape index (κ3) is 2.77. The Morgan fingerprint density at radius 3 is 2.86 bits per heavy atom. The van der Waals surface area contributed by atoms with Gasteiger partial charge in [0.15, 0.2) is 0 Å². The molecule has 1 aliphatic heterocycles. The van der Waals surface area contributed by atoms with E-state index in [4.69, 9.17) is 4.74 Å². The molecule has 0 saturated heterocycles. The van der Waals surface area contributed by atoms with Gasteiger partial charge in [0, 0.05) is 18.1 Å². The number of aliphatic hydroxyl groups is 1. The van der Waals surface area contributed by atoms with Crippen LogP contribution in [0.4, 0.5) is 0 Å². The smallest absolute Gasteiger partial charge is 0.301 e. The van der Waals surface area contributed by atoms with E-state index in [0.29, 0.717) is 6.42 Å². The van der Waals surface area contributed by atoms with E-state index in [1.165, 1.54) is 0 Å². The van der Waals surface area contributed by atoms with Crippen LogP contribution in [0.2, 0.25) is 0 Å². The molecule has 0 spiro atoms. The Morgan fingerprint density at radius 2 is 2.10 bits per heavy atom. The Hall–Kier alpha value is -0.820. The fourth-order valence-electron chi connectivity index (χ4n) is 3.88. The van der Waals surface area contributed by atoms with Gasteiger partial charge in [0.05, 0.1) is 0 Å². The number of aliphatic hydroxyl groups excluding tert-OH is 1. The summed E-state index contributed by atoms with van der Waals surface area (Å²) in [4.78, 5) is 0. The lowest BCUT2D eigenvalue weighted by Crippen LogP contribution is -2.54. The van der Waals surface area contributed by atoms with Crippen molar-refractivity contribution in [1.82, 2.24) is 5.32 Å². The molecule has 7 heteroatoms. The summed E-state index contributed by atoms with van der Waals surface area (Å²) in [5.74, 6) is 0.107. The molecule has 3 rings (SSSR count). The van der Waals surface area contributed by atoms with Gasteiger partial charge >= 0.3 is 6.02 Å². The predicted octanol–water partition coefficient (Wildman–Crippen LogP) is 1.15. The van der Waals surface area contributed by atoms with E-state index in [9.17, 15) is 13.5 Å². The van der Waals surface area contributed by atoms with Crippen LogP contribution in [0.15, 0.2) is 4.40 Å². The summed E-state index contributed by atoms with van der Waals surface area (Å²) in [5, 5.41) is 12.2. The zero-order chi connectivity index (χ0) is 15.1. The van der Waals surface area contributed by atoms with Crippen LogP contribution in [-0.2, 0) is 14.8 Å². The number of fused-ring (bicyclic) bond motifs is 1. The van der Waals surface area contributed by atoms with Crippen LogP contribution < -0.4 is 5.32 Å². The van der Waals surface area contributed by atoms with Crippen LogP contribution in [0.1, 0.15) is 51.9 Å². The van der Waals surface area contributed by atoms with E-state index in [-0.39, 0.29) is 30.2 Å². The lowest BCUT2D eigenvalue weighted by molar-refractivity contribution is 0.116. The van der Waals surface area contributed by atoms with Gasteiger partial charge in [-0.25, -0.2) is 8.42 Å². The van der Waals surface area contributed by atoms with Gasteiger partial charge in [0.2, 0.25) is 0 Å². The maximum Gasteiger partial charge on any atom is 0.301 e. The summed E-state index contributed by atoms with van der Waals surface area (Å²) in [6, 6.07) is 0.126. The minimum absolute atomic E-state index is 0.0928. The molecule has 3 aliphatic rings. The molecule has 0 aromatic carbocycles. The number of rotatable bonds is 2. The zero-order valence-corrected chi connectivity index (χ0v) is 13.2. The summed E-state index contributed by atoms with van der Waals surface area (Å²) in [5.41, 5.74) is -0.343. The van der Waals surface area contributed by atoms with Crippen LogP contribution in [0, 0.1) is 5.92 Å². The molecule has 2 N–H and O–H groups in total. The summed E-state index contributed by atoms with van der Waals surface area (Å²) < 4.78 is 34.3. The monoisotopic (exact) mass is 316 g/mol. The van der Waals surface area contributed by atoms with Crippen molar-refractivity contribution < 1.29 is 18.3 Å². The molecule has 0 aromatic heterocycles. The van der Waals surface area contributed by atoms with Gasteiger partial charge in [-0.05, 0) is 39.0 Å². The molecular formula is C14H24N2O4S. The molecule has 4 atom stereocenters. The van der Waals surface area contributed by atoms with Crippen molar-refractivity contribution >= 4 is 16.0 Å². The highest BCUT2D eigenvalue weighted by atomic mass is 32.2. The first-order chi connectivity index (χ1) is 9.94. The third-order valence-electron chi connectivity index (χ3n) is 5.26. The summed E-state index contributed by atoms with van der Waals surface area (Å²) >= 11 is 0. The fourth-order valence-corrected chi connectivity index (χ4v) is 5.37. The highest BCUT2D eigenvalue weighted by Gasteiger charge is 2.45. The molecule has 2 aliphatic carbocycles. The van der Waals surface area contributed by atoms with E-state index in [0.717, 1.165) is 38.5 Å². The van der Waals surface area contributed by atoms with Gasteiger partial charge in [-0.3, -0.25) is 0 Å². The second-order valence-electron chi connectivity index (χ2n) is 6.70. The number of hydrogen-bond donors (Lipinski definition) is 2. The predicted molar refractivity (Wildman–Crippen MR) is 79.5 cm³/mol. The first-order valence-corrected chi connectivity index (χ1v) is 9.34. The maximum absolute atomic E-state index is 12.3. The molecule has 21 heavy (non-hydrogen) atoms. The van der Waals surface area contributed by atoms with Crippen LogP contribution in [0.25, 0.3) is 0 Å². The average molecular weight is 316 g/mol. The van der Waals surface area contributed by atoms with Crippen molar-refractivity contribution in [1.29, 1.82) is 0 Å². The van der Waals surface area contributed by atoms with Crippen molar-refractivity contribution in [2.24, 2.45) is 10.3 Å². The van der Waals surface area contributed by atoms with Gasteiger partial charge < -0.3 is 15.2 Å². The molecule has 0 aromatic rings. The number of nitrogens with zero attached hydrogens (tertiary/aromatic N) is 1. The van der Waals surface area contributed by atoms with Crippen LogP contribution in [-0.4, -0.2) is 43.0 Å². The van der Waals surface area contributed by atoms with Gasteiger partial charge in [-0.2, -0.15) is 0 Å². The molecular weight excluding hydrogens is 292 g/mol. The standard InChI is InChI=1S/C14H24N2O4S/c1-14(8-4-5-10(14)9-17)15-13-16-21(18,19)12-7-3-2-6-11(12)20-13/h10-12,17H,2-9H2,1H3,(H,15,16). The molecule has 1 heterocycles. The molecule has 4 unspecified atom stereocenters. The molecule has 6 nitrogen and oxygen atoms in total. The zero-order valence-electron chi connectivity index (χ0n) is 12.4. The van der Waals surface area contributed by atoms with Crippen molar-refractivity contribution in [3.05, 3.63) is 0 Å². The van der Waals surface area contributed by atoms with Crippen molar-refractivity contribution in [3.63, 3.8) is 0 Å². The molecule has 2 saturated carbocycles. The van der Waals surface area contributed by atoms with E-state index in [1.807, 2.05) is 6.92 Å². The Balaban J connectivity index is 1.81. The highest BCUT2D eigenvalue weighted by Crippen LogP contribution is 2.36. The van der Waals surface area contributed by atoms with E-state index in [2.05, 4.69) is 9.71 Å². The van der Waals surface area contributed by atoms with Gasteiger partial charge in [0.1, 0.15) is 11.4 Å². The Labute approximate surface area is 126 Å². The summed E-state index contributed by atoms with van der Waals surface area (Å²) in [7, 11) is -3.49. The lowest BCUT2D eigenvalue weighted by Gasteiger charge is -2.38. The van der Waals surface area contributed by atoms with Crippen LogP contribution >= 0.6 is 0 Å². The lowest BCUT2D eigenvalue weighted by atomic mass is 9.90. The summed E-state index contributed by atoms with van der Waals surface area (Å²) in [6.45, 7) is 2.10. The number of hydrogen-bond acceptors (Lipinski definition) is 5. The first-order valence-electron chi connectivity index (χ1n) is 7.84. The average Bonchev–Trinajstić information content (AvgIpc) is 2.78. The second kappa shape index (κ2) is 5.43. The Bertz CT molecular complexity index is 533. The summed E-state index contributed by atoms with van der Waals surface area (Å²) in [6.07, 6.45) is 5.89.